The van der Waals surface area contributed by atoms with Crippen LogP contribution in [0.15, 0.2) is 0 Å². The number of rotatable bonds is 5. The fourth-order valence-electron chi connectivity index (χ4n) is 0.232. The molecule has 0 aliphatic rings. The van der Waals surface area contributed by atoms with Crippen LogP contribution in [0.1, 0.15) is 0 Å². The quantitative estimate of drug-likeness (QED) is 0.239. The Balaban J connectivity index is 0. The Kier molecular flexibility index (Phi) is 9.83. The van der Waals surface area contributed by atoms with Crippen LogP contribution in [0, 0.1) is 10.1 Å². The first-order chi connectivity index (χ1) is 6.45. The Hall–Kier alpha value is -0.800. The molecule has 14 heavy (non-hydrogen) atoms. The fraction of sp³-hybridized carbons (Fsp3) is 1.00. The molecule has 0 aliphatic carbocycles. The molecule has 0 rings (SSSR count). The summed E-state index contributed by atoms with van der Waals surface area (Å²) in [4.78, 5) is 8.68. The highest BCUT2D eigenvalue weighted by molar-refractivity contribution is 4.80. The lowest BCUT2D eigenvalue weighted by atomic mass is 10.1. The first kappa shape index (κ1) is 15.7. The van der Waals surface area contributed by atoms with E-state index in [1.807, 2.05) is 0 Å². The molecule has 0 unspecified atom stereocenters. The minimum Gasteiger partial charge on any atom is -0.394 e. The molecule has 0 aromatic rings. The van der Waals surface area contributed by atoms with Gasteiger partial charge in [0.1, 0.15) is 6.61 Å². The summed E-state index contributed by atoms with van der Waals surface area (Å²) < 4.78 is 0. The van der Waals surface area contributed by atoms with E-state index >= 15 is 0 Å². The zero-order valence-corrected chi connectivity index (χ0v) is 7.67. The summed E-state index contributed by atoms with van der Waals surface area (Å²) in [6.07, 6.45) is 0. The summed E-state index contributed by atoms with van der Waals surface area (Å²) >= 11 is 0. The number of nitrogens with zero attached hydrogens (tertiary/aromatic N) is 1. The SMILES string of the molecule is NC(CO)(CO)CO.O=[N+]([O-])CCO. The number of aliphatic hydroxyl groups is 4. The van der Waals surface area contributed by atoms with Crippen LogP contribution in [0.5, 0.6) is 0 Å². The molecule has 86 valence electrons. The van der Waals surface area contributed by atoms with E-state index < -0.39 is 30.3 Å². The van der Waals surface area contributed by atoms with Crippen LogP contribution < -0.4 is 5.73 Å². The third kappa shape index (κ3) is 9.29. The van der Waals surface area contributed by atoms with Crippen LogP contribution in [-0.4, -0.2) is 63.9 Å². The summed E-state index contributed by atoms with van der Waals surface area (Å²) in [5, 5.41) is 42.1. The van der Waals surface area contributed by atoms with Crippen molar-refractivity contribution >= 4 is 0 Å². The second kappa shape index (κ2) is 8.78. The van der Waals surface area contributed by atoms with Crippen molar-refractivity contribution in [3.8, 4) is 0 Å². The first-order valence-electron chi connectivity index (χ1n) is 3.80. The molecule has 0 heterocycles. The highest BCUT2D eigenvalue weighted by Crippen LogP contribution is 1.93. The van der Waals surface area contributed by atoms with Gasteiger partial charge in [-0.3, -0.25) is 10.1 Å². The molecule has 0 bridgehead atoms. The van der Waals surface area contributed by atoms with Gasteiger partial charge < -0.3 is 26.2 Å². The summed E-state index contributed by atoms with van der Waals surface area (Å²) in [7, 11) is 0. The van der Waals surface area contributed by atoms with Crippen molar-refractivity contribution in [2.24, 2.45) is 5.73 Å². The lowest BCUT2D eigenvalue weighted by molar-refractivity contribution is -0.482. The summed E-state index contributed by atoms with van der Waals surface area (Å²) in [5.41, 5.74) is 3.94. The zero-order valence-electron chi connectivity index (χ0n) is 7.67. The maximum Gasteiger partial charge on any atom is 0.226 e. The van der Waals surface area contributed by atoms with Crippen molar-refractivity contribution in [2.75, 3.05) is 33.0 Å². The summed E-state index contributed by atoms with van der Waals surface area (Å²) in [5.74, 6) is 0. The normalized spacial score (nSPS) is 10.4. The lowest BCUT2D eigenvalue weighted by Gasteiger charge is -2.20. The van der Waals surface area contributed by atoms with E-state index in [-0.39, 0.29) is 13.2 Å². The third-order valence-corrected chi connectivity index (χ3v) is 1.23. The van der Waals surface area contributed by atoms with Crippen LogP contribution in [0.25, 0.3) is 0 Å². The number of aliphatic hydroxyl groups excluding tert-OH is 4. The van der Waals surface area contributed by atoms with Gasteiger partial charge in [-0.1, -0.05) is 0 Å². The van der Waals surface area contributed by atoms with Crippen molar-refractivity contribution in [3.63, 3.8) is 0 Å². The van der Waals surface area contributed by atoms with Gasteiger partial charge in [0.2, 0.25) is 6.54 Å². The first-order valence-corrected chi connectivity index (χ1v) is 3.80. The Bertz CT molecular complexity index is 141. The molecule has 0 aromatic carbocycles. The second-order valence-corrected chi connectivity index (χ2v) is 2.62. The maximum atomic E-state index is 9.24. The smallest absolute Gasteiger partial charge is 0.226 e. The monoisotopic (exact) mass is 212 g/mol. The van der Waals surface area contributed by atoms with Crippen molar-refractivity contribution in [1.82, 2.24) is 0 Å². The van der Waals surface area contributed by atoms with Gasteiger partial charge in [-0.05, 0) is 0 Å². The van der Waals surface area contributed by atoms with Crippen LogP contribution in [-0.2, 0) is 0 Å². The van der Waals surface area contributed by atoms with E-state index in [0.29, 0.717) is 0 Å². The minimum atomic E-state index is -1.21. The van der Waals surface area contributed by atoms with Gasteiger partial charge in [0.25, 0.3) is 0 Å². The van der Waals surface area contributed by atoms with Crippen LogP contribution in [0.3, 0.4) is 0 Å². The standard InChI is InChI=1S/C4H11NO3.C2H5NO3/c5-4(1-6,2-7)3-8;4-2-1-3(5)6/h6-8H,1-3,5H2;4H,1-2H2. The number of hydrogen-bond acceptors (Lipinski definition) is 7. The number of nitrogens with two attached hydrogens (primary N) is 1. The molecule has 6 N–H and O–H groups in total. The molecular weight excluding hydrogens is 196 g/mol. The topological polar surface area (TPSA) is 150 Å². The van der Waals surface area contributed by atoms with Crippen LogP contribution in [0.4, 0.5) is 0 Å². The van der Waals surface area contributed by atoms with Gasteiger partial charge in [-0.25, -0.2) is 0 Å². The van der Waals surface area contributed by atoms with Crippen molar-refractivity contribution < 1.29 is 25.3 Å². The molecule has 0 aromatic heterocycles. The Labute approximate surface area is 80.7 Å². The third-order valence-electron chi connectivity index (χ3n) is 1.23. The van der Waals surface area contributed by atoms with E-state index in [9.17, 15) is 10.1 Å². The Morgan fingerprint density at radius 3 is 1.50 bits per heavy atom. The highest BCUT2D eigenvalue weighted by atomic mass is 16.6. The molecule has 8 nitrogen and oxygen atoms in total. The van der Waals surface area contributed by atoms with E-state index in [0.717, 1.165) is 0 Å². The molecule has 0 saturated heterocycles. The van der Waals surface area contributed by atoms with E-state index in [1.54, 1.807) is 0 Å². The van der Waals surface area contributed by atoms with Crippen LogP contribution >= 0.6 is 0 Å². The average Bonchev–Trinajstić information content (AvgIpc) is 2.17. The van der Waals surface area contributed by atoms with Gasteiger partial charge in [0, 0.05) is 4.92 Å². The zero-order chi connectivity index (χ0) is 11.6. The van der Waals surface area contributed by atoms with Gasteiger partial charge >= 0.3 is 0 Å². The molecular formula is C6H16N2O6. The van der Waals surface area contributed by atoms with Crippen molar-refractivity contribution in [2.45, 2.75) is 5.54 Å². The minimum absolute atomic E-state index is 0.347. The largest absolute Gasteiger partial charge is 0.394 e. The maximum absolute atomic E-state index is 9.24. The molecule has 8 heteroatoms. The fourth-order valence-corrected chi connectivity index (χ4v) is 0.232. The molecule has 0 atom stereocenters. The Morgan fingerprint density at radius 1 is 1.14 bits per heavy atom. The molecule has 0 saturated carbocycles. The predicted molar refractivity (Wildman–Crippen MR) is 47.1 cm³/mol. The molecule has 0 amide bonds. The van der Waals surface area contributed by atoms with Crippen LogP contribution in [0.2, 0.25) is 0 Å². The van der Waals surface area contributed by atoms with Gasteiger partial charge in [-0.2, -0.15) is 0 Å². The average molecular weight is 212 g/mol. The molecule has 0 radical (unpaired) electrons. The van der Waals surface area contributed by atoms with Gasteiger partial charge in [-0.15, -0.1) is 0 Å². The summed E-state index contributed by atoms with van der Waals surface area (Å²) in [6.45, 7) is -1.92. The molecule has 0 aliphatic heterocycles. The van der Waals surface area contributed by atoms with E-state index in [2.05, 4.69) is 0 Å². The van der Waals surface area contributed by atoms with Crippen molar-refractivity contribution in [3.05, 3.63) is 10.1 Å². The van der Waals surface area contributed by atoms with E-state index in [4.69, 9.17) is 26.2 Å². The van der Waals surface area contributed by atoms with Gasteiger partial charge in [0.15, 0.2) is 0 Å². The lowest BCUT2D eigenvalue weighted by Crippen LogP contribution is -2.50. The highest BCUT2D eigenvalue weighted by Gasteiger charge is 2.20. The number of hydrogen-bond donors (Lipinski definition) is 5. The second-order valence-electron chi connectivity index (χ2n) is 2.62. The Morgan fingerprint density at radius 2 is 1.50 bits per heavy atom. The molecule has 0 fully saturated rings. The molecule has 0 spiro atoms. The van der Waals surface area contributed by atoms with Crippen molar-refractivity contribution in [1.29, 1.82) is 0 Å². The summed E-state index contributed by atoms with van der Waals surface area (Å²) in [6, 6.07) is 0. The number of nitro groups is 1. The predicted octanol–water partition coefficient (Wildman–Crippen LogP) is -3.08. The van der Waals surface area contributed by atoms with Gasteiger partial charge in [0.05, 0.1) is 25.4 Å². The van der Waals surface area contributed by atoms with E-state index in [1.165, 1.54) is 0 Å².